The second kappa shape index (κ2) is 7.35. The van der Waals surface area contributed by atoms with Crippen LogP contribution in [0.25, 0.3) is 0 Å². The highest BCUT2D eigenvalue weighted by Crippen LogP contribution is 2.74. The number of carboxylic acid groups (broad SMARTS) is 1. The number of carbonyl (C=O) groups excluding carboxylic acids is 1. The molecule has 0 aromatic heterocycles. The minimum absolute atomic E-state index is 0.0140. The molecule has 0 spiro atoms. The molecule has 0 bridgehead atoms. The van der Waals surface area contributed by atoms with Gasteiger partial charge in [-0.1, -0.05) is 46.3 Å². The van der Waals surface area contributed by atoms with Crippen molar-refractivity contribution < 1.29 is 19.4 Å². The van der Waals surface area contributed by atoms with Gasteiger partial charge in [-0.25, -0.2) is 0 Å². The molecule has 34 heavy (non-hydrogen) atoms. The van der Waals surface area contributed by atoms with Crippen molar-refractivity contribution in [3.8, 4) is 0 Å². The number of carbonyl (C=O) groups is 2. The molecule has 1 unspecified atom stereocenters. The molecule has 0 aromatic rings. The van der Waals surface area contributed by atoms with Crippen molar-refractivity contribution in [1.29, 1.82) is 0 Å². The Morgan fingerprint density at radius 3 is 2.35 bits per heavy atom. The topological polar surface area (TPSA) is 63.6 Å². The van der Waals surface area contributed by atoms with Crippen molar-refractivity contribution in [3.05, 3.63) is 11.6 Å². The first kappa shape index (κ1) is 24.4. The monoisotopic (exact) mass is 470 g/mol. The Hall–Kier alpha value is -1.32. The van der Waals surface area contributed by atoms with Gasteiger partial charge in [0, 0.05) is 12.3 Å². The number of fused-ring (bicyclic) bond motifs is 7. The minimum atomic E-state index is -0.591. The van der Waals surface area contributed by atoms with Crippen molar-refractivity contribution >= 4 is 11.9 Å². The third-order valence-electron chi connectivity index (χ3n) is 12.8. The minimum Gasteiger partial charge on any atom is -0.481 e. The first-order chi connectivity index (χ1) is 15.7. The third-order valence-corrected chi connectivity index (χ3v) is 12.8. The van der Waals surface area contributed by atoms with Crippen LogP contribution in [0, 0.1) is 51.2 Å². The van der Waals surface area contributed by atoms with E-state index in [9.17, 15) is 14.7 Å². The van der Waals surface area contributed by atoms with Gasteiger partial charge in [0.05, 0.1) is 5.41 Å². The first-order valence-corrected chi connectivity index (χ1v) is 13.9. The smallest absolute Gasteiger partial charge is 0.310 e. The van der Waals surface area contributed by atoms with E-state index >= 15 is 0 Å². The number of hydrogen-bond donors (Lipinski definition) is 1. The van der Waals surface area contributed by atoms with E-state index in [0.29, 0.717) is 30.1 Å². The maximum absolute atomic E-state index is 12.8. The summed E-state index contributed by atoms with van der Waals surface area (Å²) in [7, 11) is 0. The fraction of sp³-hybridized carbons (Fsp3) is 0.867. The summed E-state index contributed by atoms with van der Waals surface area (Å²) in [6.45, 7) is 16.4. The van der Waals surface area contributed by atoms with Crippen LogP contribution in [0.5, 0.6) is 0 Å². The molecule has 4 nitrogen and oxygen atoms in total. The molecule has 0 amide bonds. The molecule has 4 heteroatoms. The Kier molecular flexibility index (Phi) is 5.27. The van der Waals surface area contributed by atoms with Crippen molar-refractivity contribution in [2.75, 3.05) is 0 Å². The van der Waals surface area contributed by atoms with Gasteiger partial charge in [0.25, 0.3) is 0 Å². The van der Waals surface area contributed by atoms with Crippen LogP contribution in [0.4, 0.5) is 0 Å². The van der Waals surface area contributed by atoms with Crippen LogP contribution in [-0.4, -0.2) is 22.6 Å². The Bertz CT molecular complexity index is 934. The summed E-state index contributed by atoms with van der Waals surface area (Å²) in [5.74, 6) is 1.33. The summed E-state index contributed by atoms with van der Waals surface area (Å²) < 4.78 is 5.99. The number of aliphatic carboxylic acids is 1. The lowest BCUT2D eigenvalue weighted by molar-refractivity contribution is -0.192. The lowest BCUT2D eigenvalue weighted by atomic mass is 9.35. The highest BCUT2D eigenvalue weighted by Gasteiger charge is 2.69. The number of carboxylic acids is 1. The van der Waals surface area contributed by atoms with Crippen LogP contribution in [0.15, 0.2) is 11.6 Å². The van der Waals surface area contributed by atoms with Gasteiger partial charge < -0.3 is 9.84 Å². The highest BCUT2D eigenvalue weighted by molar-refractivity contribution is 5.76. The molecule has 1 heterocycles. The van der Waals surface area contributed by atoms with Crippen molar-refractivity contribution in [2.45, 2.75) is 112 Å². The van der Waals surface area contributed by atoms with Gasteiger partial charge in [0.15, 0.2) is 0 Å². The SMILES string of the molecule is C[C@H]1[C@H](C)CC[C@]2(C(=O)O)CC[C@]3(C)C(=CC[C@@H]4[C@@]5(C)CCC(=O)OC(C)(C)C5CC[C@]43C)[C@H]12. The summed E-state index contributed by atoms with van der Waals surface area (Å²) in [4.78, 5) is 25.4. The summed E-state index contributed by atoms with van der Waals surface area (Å²) in [5, 5.41) is 10.5. The molecule has 1 aliphatic heterocycles. The standard InChI is InChI=1S/C30H46O4/c1-18-10-15-30(25(32)33)17-16-28(6)20(24(30)19(18)2)8-9-22-27(5)13-12-23(31)34-26(3,4)21(27)11-14-29(22,28)7/h8,18-19,21-22,24H,9-17H2,1-7H3,(H,32,33)/t18-,19+,21?,22-,24+,27+,28-,29-,30+/m1/s1. The normalized spacial score (nSPS) is 52.0. The summed E-state index contributed by atoms with van der Waals surface area (Å²) in [5.41, 5.74) is 0.609. The molecule has 0 aromatic carbocycles. The number of esters is 1. The Morgan fingerprint density at radius 1 is 0.971 bits per heavy atom. The van der Waals surface area contributed by atoms with Crippen molar-refractivity contribution in [1.82, 2.24) is 0 Å². The van der Waals surface area contributed by atoms with Crippen LogP contribution in [0.3, 0.4) is 0 Å². The van der Waals surface area contributed by atoms with Gasteiger partial charge in [-0.2, -0.15) is 0 Å². The van der Waals surface area contributed by atoms with E-state index in [0.717, 1.165) is 51.4 Å². The van der Waals surface area contributed by atoms with Crippen LogP contribution >= 0.6 is 0 Å². The lowest BCUT2D eigenvalue weighted by Gasteiger charge is -2.69. The van der Waals surface area contributed by atoms with E-state index in [4.69, 9.17) is 4.74 Å². The van der Waals surface area contributed by atoms with Crippen LogP contribution in [0.2, 0.25) is 0 Å². The summed E-state index contributed by atoms with van der Waals surface area (Å²) >= 11 is 0. The average Bonchev–Trinajstić information content (AvgIpc) is 2.83. The Morgan fingerprint density at radius 2 is 1.68 bits per heavy atom. The first-order valence-electron chi connectivity index (χ1n) is 13.9. The quantitative estimate of drug-likeness (QED) is 0.330. The van der Waals surface area contributed by atoms with Crippen LogP contribution in [0.1, 0.15) is 106 Å². The largest absolute Gasteiger partial charge is 0.481 e. The molecule has 5 rings (SSSR count). The molecule has 0 radical (unpaired) electrons. The van der Waals surface area contributed by atoms with Crippen molar-refractivity contribution in [2.24, 2.45) is 51.2 Å². The second-order valence-corrected chi connectivity index (χ2v) is 14.2. The molecule has 190 valence electrons. The van der Waals surface area contributed by atoms with Gasteiger partial charge in [-0.15, -0.1) is 0 Å². The highest BCUT2D eigenvalue weighted by atomic mass is 16.6. The maximum Gasteiger partial charge on any atom is 0.310 e. The zero-order chi connectivity index (χ0) is 24.9. The molecule has 3 saturated carbocycles. The van der Waals surface area contributed by atoms with E-state index in [1.165, 1.54) is 5.57 Å². The maximum atomic E-state index is 12.8. The Balaban J connectivity index is 1.62. The molecule has 1 N–H and O–H groups in total. The van der Waals surface area contributed by atoms with Gasteiger partial charge in [0.1, 0.15) is 5.60 Å². The van der Waals surface area contributed by atoms with Gasteiger partial charge in [-0.3, -0.25) is 9.59 Å². The van der Waals surface area contributed by atoms with E-state index < -0.39 is 17.0 Å². The van der Waals surface area contributed by atoms with Crippen LogP contribution in [-0.2, 0) is 14.3 Å². The fourth-order valence-corrected chi connectivity index (χ4v) is 10.5. The van der Waals surface area contributed by atoms with Gasteiger partial charge >= 0.3 is 11.9 Å². The molecule has 4 fully saturated rings. The van der Waals surface area contributed by atoms with Crippen molar-refractivity contribution in [3.63, 3.8) is 0 Å². The number of ether oxygens (including phenoxy) is 1. The molecule has 9 atom stereocenters. The average molecular weight is 471 g/mol. The lowest BCUT2D eigenvalue weighted by Crippen LogP contribution is -2.64. The van der Waals surface area contributed by atoms with E-state index in [-0.39, 0.29) is 28.1 Å². The summed E-state index contributed by atoms with van der Waals surface area (Å²) in [6.07, 6.45) is 10.7. The molecule has 5 aliphatic rings. The third kappa shape index (κ3) is 2.89. The van der Waals surface area contributed by atoms with Gasteiger partial charge in [-0.05, 0) is 105 Å². The van der Waals surface area contributed by atoms with Crippen LogP contribution < -0.4 is 0 Å². The van der Waals surface area contributed by atoms with E-state index in [1.54, 1.807) is 0 Å². The Labute approximate surface area is 206 Å². The number of cyclic esters (lactones) is 1. The second-order valence-electron chi connectivity index (χ2n) is 14.2. The van der Waals surface area contributed by atoms with Gasteiger partial charge in [0.2, 0.25) is 0 Å². The molecular weight excluding hydrogens is 424 g/mol. The fourth-order valence-electron chi connectivity index (χ4n) is 10.5. The number of allylic oxidation sites excluding steroid dienone is 2. The zero-order valence-corrected chi connectivity index (χ0v) is 22.5. The van der Waals surface area contributed by atoms with E-state index in [1.807, 2.05) is 0 Å². The predicted octanol–water partition coefficient (Wildman–Crippen LogP) is 7.02. The zero-order valence-electron chi connectivity index (χ0n) is 22.5. The predicted molar refractivity (Wildman–Crippen MR) is 133 cm³/mol. The molecular formula is C30H46O4. The molecule has 4 aliphatic carbocycles. The number of hydrogen-bond acceptors (Lipinski definition) is 3. The summed E-state index contributed by atoms with van der Waals surface area (Å²) in [6, 6.07) is 0. The molecule has 1 saturated heterocycles. The van der Waals surface area contributed by atoms with E-state index in [2.05, 4.69) is 54.5 Å². The number of rotatable bonds is 1.